The molecule has 3 heteroatoms. The molecular weight excluding hydrogens is 238 g/mol. The van der Waals surface area contributed by atoms with Crippen LogP contribution in [0, 0.1) is 13.8 Å². The second-order valence-electron chi connectivity index (χ2n) is 4.69. The lowest BCUT2D eigenvalue weighted by molar-refractivity contribution is 0.410. The van der Waals surface area contributed by atoms with E-state index in [2.05, 4.69) is 38.2 Å². The van der Waals surface area contributed by atoms with Gasteiger partial charge in [0.05, 0.1) is 19.4 Å². The molecule has 1 atom stereocenters. The first-order valence-electron chi connectivity index (χ1n) is 6.59. The maximum atomic E-state index is 5.64. The van der Waals surface area contributed by atoms with Crippen LogP contribution in [-0.4, -0.2) is 13.7 Å². The zero-order valence-electron chi connectivity index (χ0n) is 12.0. The molecule has 0 bridgehead atoms. The van der Waals surface area contributed by atoms with E-state index in [0.717, 1.165) is 23.6 Å². The minimum absolute atomic E-state index is 0.0876. The molecule has 0 fully saturated rings. The molecule has 0 amide bonds. The highest BCUT2D eigenvalue weighted by molar-refractivity contribution is 5.40. The zero-order valence-corrected chi connectivity index (χ0v) is 12.0. The van der Waals surface area contributed by atoms with E-state index in [4.69, 9.17) is 9.15 Å². The molecule has 1 aromatic carbocycles. The maximum absolute atomic E-state index is 5.64. The van der Waals surface area contributed by atoms with Crippen molar-refractivity contribution in [2.75, 3.05) is 13.7 Å². The second kappa shape index (κ2) is 5.93. The van der Waals surface area contributed by atoms with Crippen molar-refractivity contribution >= 4 is 0 Å². The Kier molecular flexibility index (Phi) is 4.27. The average Bonchev–Trinajstić information content (AvgIpc) is 2.82. The van der Waals surface area contributed by atoms with E-state index in [1.165, 1.54) is 11.1 Å². The standard InChI is InChI=1S/C16H21NO2/c1-5-17-15(16-11(2)8-9-19-16)13-6-7-14(18-4)12(3)10-13/h6-10,15,17H,5H2,1-4H3. The molecule has 0 saturated heterocycles. The minimum Gasteiger partial charge on any atom is -0.496 e. The number of hydrogen-bond acceptors (Lipinski definition) is 3. The summed E-state index contributed by atoms with van der Waals surface area (Å²) >= 11 is 0. The van der Waals surface area contributed by atoms with Gasteiger partial charge in [0.25, 0.3) is 0 Å². The van der Waals surface area contributed by atoms with Crippen LogP contribution in [0.2, 0.25) is 0 Å². The number of ether oxygens (including phenoxy) is 1. The predicted molar refractivity (Wildman–Crippen MR) is 76.7 cm³/mol. The van der Waals surface area contributed by atoms with Crippen LogP contribution >= 0.6 is 0 Å². The summed E-state index contributed by atoms with van der Waals surface area (Å²) in [6.07, 6.45) is 1.74. The van der Waals surface area contributed by atoms with E-state index in [1.54, 1.807) is 13.4 Å². The number of rotatable bonds is 5. The molecule has 1 aromatic heterocycles. The third-order valence-corrected chi connectivity index (χ3v) is 3.32. The van der Waals surface area contributed by atoms with E-state index >= 15 is 0 Å². The van der Waals surface area contributed by atoms with Crippen LogP contribution in [0.4, 0.5) is 0 Å². The Morgan fingerprint density at radius 1 is 1.21 bits per heavy atom. The first-order valence-corrected chi connectivity index (χ1v) is 6.59. The highest BCUT2D eigenvalue weighted by Gasteiger charge is 2.19. The van der Waals surface area contributed by atoms with Crippen molar-refractivity contribution < 1.29 is 9.15 Å². The number of benzene rings is 1. The van der Waals surface area contributed by atoms with Gasteiger partial charge in [-0.25, -0.2) is 0 Å². The lowest BCUT2D eigenvalue weighted by Gasteiger charge is -2.18. The van der Waals surface area contributed by atoms with Gasteiger partial charge in [0.1, 0.15) is 11.5 Å². The molecule has 1 heterocycles. The quantitative estimate of drug-likeness (QED) is 0.890. The van der Waals surface area contributed by atoms with Crippen LogP contribution in [0.15, 0.2) is 34.9 Å². The zero-order chi connectivity index (χ0) is 13.8. The fourth-order valence-corrected chi connectivity index (χ4v) is 2.33. The number of nitrogens with one attached hydrogen (secondary N) is 1. The summed E-state index contributed by atoms with van der Waals surface area (Å²) in [4.78, 5) is 0. The summed E-state index contributed by atoms with van der Waals surface area (Å²) in [5.41, 5.74) is 3.49. The number of methoxy groups -OCH3 is 1. The van der Waals surface area contributed by atoms with E-state index in [-0.39, 0.29) is 6.04 Å². The van der Waals surface area contributed by atoms with Crippen LogP contribution in [0.5, 0.6) is 5.75 Å². The summed E-state index contributed by atoms with van der Waals surface area (Å²) in [7, 11) is 1.69. The van der Waals surface area contributed by atoms with Crippen LogP contribution < -0.4 is 10.1 Å². The minimum atomic E-state index is 0.0876. The highest BCUT2D eigenvalue weighted by atomic mass is 16.5. The topological polar surface area (TPSA) is 34.4 Å². The lowest BCUT2D eigenvalue weighted by Crippen LogP contribution is -2.22. The third kappa shape index (κ3) is 2.82. The van der Waals surface area contributed by atoms with Gasteiger partial charge in [-0.05, 0) is 49.2 Å². The van der Waals surface area contributed by atoms with Crippen molar-refractivity contribution in [2.24, 2.45) is 0 Å². The molecule has 19 heavy (non-hydrogen) atoms. The molecule has 0 radical (unpaired) electrons. The second-order valence-corrected chi connectivity index (χ2v) is 4.69. The van der Waals surface area contributed by atoms with Gasteiger partial charge < -0.3 is 14.5 Å². The highest BCUT2D eigenvalue weighted by Crippen LogP contribution is 2.29. The van der Waals surface area contributed by atoms with Gasteiger partial charge in [0, 0.05) is 0 Å². The number of hydrogen-bond donors (Lipinski definition) is 1. The Balaban J connectivity index is 2.39. The lowest BCUT2D eigenvalue weighted by atomic mass is 10.00. The van der Waals surface area contributed by atoms with Crippen molar-refractivity contribution in [1.29, 1.82) is 0 Å². The normalized spacial score (nSPS) is 12.4. The fraction of sp³-hybridized carbons (Fsp3) is 0.375. The average molecular weight is 259 g/mol. The van der Waals surface area contributed by atoms with Gasteiger partial charge in [-0.1, -0.05) is 19.1 Å². The molecule has 0 aliphatic rings. The number of furan rings is 1. The van der Waals surface area contributed by atoms with Crippen LogP contribution in [0.3, 0.4) is 0 Å². The molecule has 0 aliphatic heterocycles. The van der Waals surface area contributed by atoms with E-state index in [1.807, 2.05) is 12.1 Å². The maximum Gasteiger partial charge on any atom is 0.128 e. The largest absolute Gasteiger partial charge is 0.496 e. The van der Waals surface area contributed by atoms with Crippen molar-refractivity contribution in [2.45, 2.75) is 26.8 Å². The van der Waals surface area contributed by atoms with Gasteiger partial charge in [0.2, 0.25) is 0 Å². The van der Waals surface area contributed by atoms with E-state index in [9.17, 15) is 0 Å². The molecule has 102 valence electrons. The Bertz CT molecular complexity index is 545. The first-order chi connectivity index (χ1) is 9.17. The van der Waals surface area contributed by atoms with E-state index < -0.39 is 0 Å². The van der Waals surface area contributed by atoms with Crippen LogP contribution in [0.25, 0.3) is 0 Å². The monoisotopic (exact) mass is 259 g/mol. The number of aryl methyl sites for hydroxylation is 2. The van der Waals surface area contributed by atoms with E-state index in [0.29, 0.717) is 0 Å². The molecular formula is C16H21NO2. The van der Waals surface area contributed by atoms with Gasteiger partial charge in [-0.2, -0.15) is 0 Å². The molecule has 1 unspecified atom stereocenters. The van der Waals surface area contributed by atoms with Gasteiger partial charge in [0.15, 0.2) is 0 Å². The summed E-state index contributed by atoms with van der Waals surface area (Å²) in [6, 6.07) is 8.32. The summed E-state index contributed by atoms with van der Waals surface area (Å²) < 4.78 is 10.9. The molecule has 0 saturated carbocycles. The molecule has 0 aliphatic carbocycles. The summed E-state index contributed by atoms with van der Waals surface area (Å²) in [5.74, 6) is 1.89. The summed E-state index contributed by atoms with van der Waals surface area (Å²) in [6.45, 7) is 7.11. The van der Waals surface area contributed by atoms with Crippen molar-refractivity contribution in [3.05, 3.63) is 53.0 Å². The molecule has 2 rings (SSSR count). The van der Waals surface area contributed by atoms with Gasteiger partial charge in [-0.3, -0.25) is 0 Å². The van der Waals surface area contributed by atoms with Gasteiger partial charge in [-0.15, -0.1) is 0 Å². The SMILES string of the molecule is CCNC(c1ccc(OC)c(C)c1)c1occc1C. The Labute approximate surface area is 114 Å². The predicted octanol–water partition coefficient (Wildman–Crippen LogP) is 3.60. The Morgan fingerprint density at radius 2 is 2.00 bits per heavy atom. The molecule has 0 spiro atoms. The molecule has 3 nitrogen and oxygen atoms in total. The smallest absolute Gasteiger partial charge is 0.128 e. The van der Waals surface area contributed by atoms with Crippen LogP contribution in [-0.2, 0) is 0 Å². The first kappa shape index (κ1) is 13.7. The Morgan fingerprint density at radius 3 is 2.53 bits per heavy atom. The van der Waals surface area contributed by atoms with Crippen molar-refractivity contribution in [1.82, 2.24) is 5.32 Å². The summed E-state index contributed by atoms with van der Waals surface area (Å²) in [5, 5.41) is 3.47. The fourth-order valence-electron chi connectivity index (χ4n) is 2.33. The molecule has 2 aromatic rings. The third-order valence-electron chi connectivity index (χ3n) is 3.32. The van der Waals surface area contributed by atoms with Gasteiger partial charge >= 0.3 is 0 Å². The Hall–Kier alpha value is -1.74. The van der Waals surface area contributed by atoms with Crippen molar-refractivity contribution in [3.8, 4) is 5.75 Å². The van der Waals surface area contributed by atoms with Crippen molar-refractivity contribution in [3.63, 3.8) is 0 Å². The molecule has 1 N–H and O–H groups in total. The van der Waals surface area contributed by atoms with Crippen LogP contribution in [0.1, 0.15) is 35.4 Å².